The molecule has 0 fully saturated rings. The number of rotatable bonds is 4. The first-order valence-corrected chi connectivity index (χ1v) is 8.25. The van der Waals surface area contributed by atoms with Crippen LogP contribution in [0.25, 0.3) is 11.1 Å². The Hall–Kier alpha value is -3.06. The molecule has 116 valence electrons. The van der Waals surface area contributed by atoms with Gasteiger partial charge in [0, 0.05) is 12.4 Å². The molecule has 24 heavy (non-hydrogen) atoms. The van der Waals surface area contributed by atoms with Crippen LogP contribution < -0.4 is 0 Å². The maximum Gasteiger partial charge on any atom is 0.0839 e. The van der Waals surface area contributed by atoms with Gasteiger partial charge in [-0.1, -0.05) is 84.9 Å². The zero-order valence-corrected chi connectivity index (χ0v) is 13.4. The zero-order chi connectivity index (χ0) is 16.2. The van der Waals surface area contributed by atoms with Crippen LogP contribution in [0.4, 0.5) is 0 Å². The van der Waals surface area contributed by atoms with Crippen LogP contribution in [-0.2, 0) is 0 Å². The minimum Gasteiger partial charge on any atom is -0.343 e. The number of benzene rings is 3. The Bertz CT molecular complexity index is 893. The molecule has 1 atom stereocenters. The van der Waals surface area contributed by atoms with Gasteiger partial charge in [0.15, 0.2) is 0 Å². The van der Waals surface area contributed by atoms with Crippen molar-refractivity contribution in [2.24, 2.45) is 0 Å². The summed E-state index contributed by atoms with van der Waals surface area (Å²) in [5, 5.41) is 0. The third kappa shape index (κ3) is 2.77. The number of nitrogens with zero attached hydrogens (tertiary/aromatic N) is 1. The Morgan fingerprint density at radius 1 is 0.542 bits per heavy atom. The highest BCUT2D eigenvalue weighted by Crippen LogP contribution is 2.34. The van der Waals surface area contributed by atoms with E-state index >= 15 is 0 Å². The average molecular weight is 309 g/mol. The van der Waals surface area contributed by atoms with E-state index in [1.165, 1.54) is 22.3 Å². The molecule has 1 aromatic heterocycles. The van der Waals surface area contributed by atoms with Gasteiger partial charge in [0.1, 0.15) is 0 Å². The molecule has 0 bridgehead atoms. The van der Waals surface area contributed by atoms with Crippen molar-refractivity contribution in [2.75, 3.05) is 0 Å². The van der Waals surface area contributed by atoms with E-state index in [2.05, 4.69) is 114 Å². The first-order valence-electron chi connectivity index (χ1n) is 8.25. The van der Waals surface area contributed by atoms with Crippen molar-refractivity contribution >= 4 is 0 Å². The summed E-state index contributed by atoms with van der Waals surface area (Å²) in [6.07, 6.45) is 4.28. The van der Waals surface area contributed by atoms with Crippen molar-refractivity contribution in [3.63, 3.8) is 0 Å². The Morgan fingerprint density at radius 3 is 1.83 bits per heavy atom. The quantitative estimate of drug-likeness (QED) is 0.449. The minimum absolute atomic E-state index is 0.164. The lowest BCUT2D eigenvalue weighted by Gasteiger charge is -2.23. The molecule has 0 radical (unpaired) electrons. The highest BCUT2D eigenvalue weighted by atomic mass is 15.0. The normalized spacial score (nSPS) is 12.0. The molecule has 0 spiro atoms. The summed E-state index contributed by atoms with van der Waals surface area (Å²) in [7, 11) is 0. The molecule has 0 aliphatic carbocycles. The molecule has 3 aromatic carbocycles. The van der Waals surface area contributed by atoms with Gasteiger partial charge in [-0.2, -0.15) is 0 Å². The number of aromatic nitrogens is 1. The van der Waals surface area contributed by atoms with Crippen molar-refractivity contribution in [1.82, 2.24) is 4.57 Å². The van der Waals surface area contributed by atoms with E-state index in [1.807, 2.05) is 0 Å². The molecule has 1 nitrogen and oxygen atoms in total. The van der Waals surface area contributed by atoms with E-state index in [4.69, 9.17) is 0 Å². The van der Waals surface area contributed by atoms with Gasteiger partial charge in [-0.05, 0) is 34.4 Å². The monoisotopic (exact) mass is 309 g/mol. The predicted octanol–water partition coefficient (Wildman–Crippen LogP) is 5.79. The largest absolute Gasteiger partial charge is 0.343 e. The van der Waals surface area contributed by atoms with Crippen LogP contribution in [0.3, 0.4) is 0 Å². The summed E-state index contributed by atoms with van der Waals surface area (Å²) in [4.78, 5) is 0. The molecule has 0 N–H and O–H groups in total. The van der Waals surface area contributed by atoms with Crippen LogP contribution in [0.15, 0.2) is 109 Å². The molecule has 1 heterocycles. The third-order valence-electron chi connectivity index (χ3n) is 4.38. The van der Waals surface area contributed by atoms with Crippen LogP contribution in [-0.4, -0.2) is 4.57 Å². The van der Waals surface area contributed by atoms with Crippen LogP contribution in [0.5, 0.6) is 0 Å². The van der Waals surface area contributed by atoms with Crippen LogP contribution >= 0.6 is 0 Å². The second kappa shape index (κ2) is 6.59. The molecule has 1 unspecified atom stereocenters. The minimum atomic E-state index is 0.164. The lowest BCUT2D eigenvalue weighted by atomic mass is 9.91. The average Bonchev–Trinajstić information content (AvgIpc) is 3.18. The number of hydrogen-bond donors (Lipinski definition) is 0. The molecular formula is C23H19N. The van der Waals surface area contributed by atoms with E-state index in [0.29, 0.717) is 0 Å². The van der Waals surface area contributed by atoms with E-state index in [1.54, 1.807) is 0 Å². The first-order chi connectivity index (χ1) is 11.9. The maximum atomic E-state index is 2.27. The first kappa shape index (κ1) is 14.5. The molecule has 0 aliphatic rings. The molecule has 0 aliphatic heterocycles. The molecule has 4 aromatic rings. The molecule has 0 saturated heterocycles. The van der Waals surface area contributed by atoms with Crippen molar-refractivity contribution < 1.29 is 0 Å². The van der Waals surface area contributed by atoms with Crippen LogP contribution in [0.1, 0.15) is 17.2 Å². The van der Waals surface area contributed by atoms with Crippen molar-refractivity contribution in [3.05, 3.63) is 121 Å². The fourth-order valence-corrected chi connectivity index (χ4v) is 3.28. The Kier molecular flexibility index (Phi) is 3.99. The Balaban J connectivity index is 1.92. The van der Waals surface area contributed by atoms with Crippen molar-refractivity contribution in [1.29, 1.82) is 0 Å². The standard InChI is InChI=1S/C23H19N/c1-3-11-19(12-4-1)21-15-7-8-16-22(21)23(24-17-9-10-18-24)20-13-5-2-6-14-20/h1-18,23H. The summed E-state index contributed by atoms with van der Waals surface area (Å²) >= 11 is 0. The predicted molar refractivity (Wildman–Crippen MR) is 100.0 cm³/mol. The fraction of sp³-hybridized carbons (Fsp3) is 0.0435. The summed E-state index contributed by atoms with van der Waals surface area (Å²) in [5.41, 5.74) is 5.13. The molecule has 0 saturated carbocycles. The maximum absolute atomic E-state index is 2.27. The van der Waals surface area contributed by atoms with Crippen molar-refractivity contribution in [3.8, 4) is 11.1 Å². The number of hydrogen-bond acceptors (Lipinski definition) is 0. The smallest absolute Gasteiger partial charge is 0.0839 e. The van der Waals surface area contributed by atoms with Gasteiger partial charge < -0.3 is 4.57 Å². The third-order valence-corrected chi connectivity index (χ3v) is 4.38. The second-order valence-electron chi connectivity index (χ2n) is 5.90. The topological polar surface area (TPSA) is 4.93 Å². The Labute approximate surface area is 142 Å². The second-order valence-corrected chi connectivity index (χ2v) is 5.90. The molecule has 1 heteroatoms. The van der Waals surface area contributed by atoms with E-state index in [9.17, 15) is 0 Å². The van der Waals surface area contributed by atoms with Gasteiger partial charge >= 0.3 is 0 Å². The highest BCUT2D eigenvalue weighted by Gasteiger charge is 2.18. The van der Waals surface area contributed by atoms with Gasteiger partial charge in [0.25, 0.3) is 0 Å². The van der Waals surface area contributed by atoms with Crippen LogP contribution in [0.2, 0.25) is 0 Å². The van der Waals surface area contributed by atoms with Gasteiger partial charge in [-0.3, -0.25) is 0 Å². The van der Waals surface area contributed by atoms with Gasteiger partial charge in [0.2, 0.25) is 0 Å². The van der Waals surface area contributed by atoms with E-state index < -0.39 is 0 Å². The molecule has 0 amide bonds. The lowest BCUT2D eigenvalue weighted by molar-refractivity contribution is 0.683. The van der Waals surface area contributed by atoms with Gasteiger partial charge in [0.05, 0.1) is 6.04 Å². The van der Waals surface area contributed by atoms with Crippen LogP contribution in [0, 0.1) is 0 Å². The van der Waals surface area contributed by atoms with Gasteiger partial charge in [-0.15, -0.1) is 0 Å². The fourth-order valence-electron chi connectivity index (χ4n) is 3.28. The molecule has 4 rings (SSSR count). The summed E-state index contributed by atoms with van der Waals surface area (Å²) < 4.78 is 2.27. The lowest BCUT2D eigenvalue weighted by Crippen LogP contribution is -2.11. The summed E-state index contributed by atoms with van der Waals surface area (Å²) in [6.45, 7) is 0. The van der Waals surface area contributed by atoms with E-state index in [0.717, 1.165) is 0 Å². The SMILES string of the molecule is c1ccc(-c2ccccc2C(c2ccccc2)n2cccc2)cc1. The highest BCUT2D eigenvalue weighted by molar-refractivity contribution is 5.68. The van der Waals surface area contributed by atoms with Crippen molar-refractivity contribution in [2.45, 2.75) is 6.04 Å². The molecular weight excluding hydrogens is 290 g/mol. The van der Waals surface area contributed by atoms with Gasteiger partial charge in [-0.25, -0.2) is 0 Å². The summed E-state index contributed by atoms with van der Waals surface area (Å²) in [6, 6.07) is 34.3. The van der Waals surface area contributed by atoms with E-state index in [-0.39, 0.29) is 6.04 Å². The zero-order valence-electron chi connectivity index (χ0n) is 13.4. The summed E-state index contributed by atoms with van der Waals surface area (Å²) in [5.74, 6) is 0. The Morgan fingerprint density at radius 2 is 1.12 bits per heavy atom.